The highest BCUT2D eigenvalue weighted by atomic mass is 32.1. The molecule has 1 aliphatic heterocycles. The van der Waals surface area contributed by atoms with Gasteiger partial charge in [-0.15, -0.1) is 0 Å². The lowest BCUT2D eigenvalue weighted by atomic mass is 10.2. The summed E-state index contributed by atoms with van der Waals surface area (Å²) in [5, 5.41) is 7.76. The van der Waals surface area contributed by atoms with Crippen molar-refractivity contribution in [1.29, 1.82) is 0 Å². The Labute approximate surface area is 162 Å². The molecule has 1 aliphatic rings. The highest BCUT2D eigenvalue weighted by molar-refractivity contribution is 7.80. The SMILES string of the molecule is Cc1ccc(N2C(=O)/C(=C\c3cnn(Cc4ccccc4)c3)NC2=S)cc1. The van der Waals surface area contributed by atoms with E-state index >= 15 is 0 Å². The summed E-state index contributed by atoms with van der Waals surface area (Å²) in [6, 6.07) is 17.8. The Balaban J connectivity index is 1.53. The Morgan fingerprint density at radius 3 is 2.59 bits per heavy atom. The Bertz CT molecular complexity index is 1020. The number of hydrogen-bond acceptors (Lipinski definition) is 3. The predicted octanol–water partition coefficient (Wildman–Crippen LogP) is 3.50. The average Bonchev–Trinajstić information content (AvgIpc) is 3.21. The van der Waals surface area contributed by atoms with E-state index < -0.39 is 0 Å². The molecule has 0 unspecified atom stereocenters. The van der Waals surface area contributed by atoms with Gasteiger partial charge in [0.1, 0.15) is 5.70 Å². The van der Waals surface area contributed by atoms with Gasteiger partial charge < -0.3 is 5.32 Å². The molecular formula is C21H18N4OS. The number of hydrogen-bond donors (Lipinski definition) is 1. The lowest BCUT2D eigenvalue weighted by molar-refractivity contribution is -0.113. The number of aryl methyl sites for hydroxylation is 1. The summed E-state index contributed by atoms with van der Waals surface area (Å²) in [6.07, 6.45) is 5.42. The summed E-state index contributed by atoms with van der Waals surface area (Å²) >= 11 is 5.35. The van der Waals surface area contributed by atoms with Gasteiger partial charge >= 0.3 is 0 Å². The summed E-state index contributed by atoms with van der Waals surface area (Å²) in [5.41, 5.74) is 4.34. The number of amides is 1. The summed E-state index contributed by atoms with van der Waals surface area (Å²) < 4.78 is 1.84. The lowest BCUT2D eigenvalue weighted by Gasteiger charge is -2.13. The number of benzene rings is 2. The van der Waals surface area contributed by atoms with Crippen LogP contribution in [0.1, 0.15) is 16.7 Å². The second-order valence-electron chi connectivity index (χ2n) is 6.42. The van der Waals surface area contributed by atoms with E-state index in [1.54, 1.807) is 12.3 Å². The number of aromatic nitrogens is 2. The number of nitrogens with zero attached hydrogens (tertiary/aromatic N) is 3. The van der Waals surface area contributed by atoms with E-state index in [0.717, 1.165) is 16.8 Å². The maximum Gasteiger partial charge on any atom is 0.281 e. The molecule has 6 heteroatoms. The van der Waals surface area contributed by atoms with Crippen LogP contribution in [0, 0.1) is 6.92 Å². The van der Waals surface area contributed by atoms with Gasteiger partial charge in [0.15, 0.2) is 5.11 Å². The van der Waals surface area contributed by atoms with E-state index in [1.807, 2.05) is 60.3 Å². The fraction of sp³-hybridized carbons (Fsp3) is 0.0952. The first kappa shape index (κ1) is 17.2. The molecule has 3 aromatic rings. The summed E-state index contributed by atoms with van der Waals surface area (Å²) in [5.74, 6) is -0.167. The molecule has 4 rings (SSSR count). The van der Waals surface area contributed by atoms with Gasteiger partial charge in [-0.1, -0.05) is 48.0 Å². The topological polar surface area (TPSA) is 50.2 Å². The predicted molar refractivity (Wildman–Crippen MR) is 110 cm³/mol. The Hall–Kier alpha value is -3.25. The van der Waals surface area contributed by atoms with Crippen molar-refractivity contribution >= 4 is 35.0 Å². The maximum atomic E-state index is 12.8. The third-order valence-electron chi connectivity index (χ3n) is 4.32. The fourth-order valence-corrected chi connectivity index (χ4v) is 3.24. The Kier molecular flexibility index (Phi) is 4.56. The number of carbonyl (C=O) groups excluding carboxylic acids is 1. The molecule has 1 N–H and O–H groups in total. The lowest BCUT2D eigenvalue weighted by Crippen LogP contribution is -2.30. The number of thiocarbonyl (C=S) groups is 1. The molecule has 1 aromatic heterocycles. The van der Waals surface area contributed by atoms with Crippen LogP contribution in [0.25, 0.3) is 6.08 Å². The van der Waals surface area contributed by atoms with Gasteiger partial charge in [0, 0.05) is 11.8 Å². The number of anilines is 1. The van der Waals surface area contributed by atoms with Gasteiger partial charge in [-0.2, -0.15) is 5.10 Å². The van der Waals surface area contributed by atoms with Gasteiger partial charge in [-0.05, 0) is 42.9 Å². The largest absolute Gasteiger partial charge is 0.327 e. The Morgan fingerprint density at radius 2 is 1.85 bits per heavy atom. The molecule has 27 heavy (non-hydrogen) atoms. The van der Waals surface area contributed by atoms with Crippen LogP contribution >= 0.6 is 12.2 Å². The van der Waals surface area contributed by atoms with Gasteiger partial charge in [0.2, 0.25) is 0 Å². The van der Waals surface area contributed by atoms with Gasteiger partial charge in [-0.3, -0.25) is 14.4 Å². The molecule has 0 radical (unpaired) electrons. The second kappa shape index (κ2) is 7.17. The van der Waals surface area contributed by atoms with E-state index in [1.165, 1.54) is 10.5 Å². The molecule has 0 aliphatic carbocycles. The van der Waals surface area contributed by atoms with E-state index in [4.69, 9.17) is 12.2 Å². The van der Waals surface area contributed by atoms with Crippen LogP contribution in [0.5, 0.6) is 0 Å². The van der Waals surface area contributed by atoms with Gasteiger partial charge in [0.25, 0.3) is 5.91 Å². The standard InChI is InChI=1S/C21H18N4OS/c1-15-7-9-18(10-8-15)25-20(26)19(23-21(25)27)11-17-12-22-24(14-17)13-16-5-3-2-4-6-16/h2-12,14H,13H2,1H3,(H,23,27)/b19-11+. The zero-order valence-electron chi connectivity index (χ0n) is 14.8. The minimum absolute atomic E-state index is 0.167. The van der Waals surface area contributed by atoms with Crippen molar-refractivity contribution in [3.05, 3.63) is 89.4 Å². The molecule has 5 nitrogen and oxygen atoms in total. The first-order valence-electron chi connectivity index (χ1n) is 8.60. The van der Waals surface area contributed by atoms with E-state index in [-0.39, 0.29) is 5.91 Å². The molecule has 2 heterocycles. The number of rotatable bonds is 4. The first-order chi connectivity index (χ1) is 13.1. The summed E-state index contributed by atoms with van der Waals surface area (Å²) in [4.78, 5) is 14.3. The minimum atomic E-state index is -0.167. The van der Waals surface area contributed by atoms with Crippen LogP contribution in [0.2, 0.25) is 0 Å². The highest BCUT2D eigenvalue weighted by Crippen LogP contribution is 2.22. The smallest absolute Gasteiger partial charge is 0.281 e. The average molecular weight is 374 g/mol. The van der Waals surface area contributed by atoms with Crippen LogP contribution in [0.4, 0.5) is 5.69 Å². The van der Waals surface area contributed by atoms with E-state index in [0.29, 0.717) is 17.4 Å². The zero-order valence-corrected chi connectivity index (χ0v) is 15.6. The molecular weight excluding hydrogens is 356 g/mol. The highest BCUT2D eigenvalue weighted by Gasteiger charge is 2.31. The summed E-state index contributed by atoms with van der Waals surface area (Å²) in [6.45, 7) is 2.68. The van der Waals surface area contributed by atoms with Crippen molar-refractivity contribution < 1.29 is 4.79 Å². The van der Waals surface area contributed by atoms with Crippen LogP contribution in [-0.2, 0) is 11.3 Å². The Morgan fingerprint density at radius 1 is 1.11 bits per heavy atom. The molecule has 2 aromatic carbocycles. The fourth-order valence-electron chi connectivity index (χ4n) is 2.94. The minimum Gasteiger partial charge on any atom is -0.327 e. The molecule has 0 bridgehead atoms. The number of nitrogens with one attached hydrogen (secondary N) is 1. The quantitative estimate of drug-likeness (QED) is 0.561. The molecule has 134 valence electrons. The third-order valence-corrected chi connectivity index (χ3v) is 4.61. The van der Waals surface area contributed by atoms with Crippen molar-refractivity contribution in [2.45, 2.75) is 13.5 Å². The van der Waals surface area contributed by atoms with Crippen molar-refractivity contribution in [3.8, 4) is 0 Å². The molecule has 0 saturated carbocycles. The monoisotopic (exact) mass is 374 g/mol. The van der Waals surface area contributed by atoms with Crippen molar-refractivity contribution in [3.63, 3.8) is 0 Å². The van der Waals surface area contributed by atoms with Gasteiger partial charge in [-0.25, -0.2) is 0 Å². The third kappa shape index (κ3) is 3.66. The first-order valence-corrected chi connectivity index (χ1v) is 9.01. The van der Waals surface area contributed by atoms with Crippen molar-refractivity contribution in [2.75, 3.05) is 4.90 Å². The van der Waals surface area contributed by atoms with Gasteiger partial charge in [0.05, 0.1) is 18.4 Å². The molecule has 1 amide bonds. The molecule has 0 spiro atoms. The van der Waals surface area contributed by atoms with Crippen molar-refractivity contribution in [1.82, 2.24) is 15.1 Å². The molecule has 1 fully saturated rings. The molecule has 0 atom stereocenters. The van der Waals surface area contributed by atoms with Crippen LogP contribution in [0.3, 0.4) is 0 Å². The number of carbonyl (C=O) groups is 1. The molecule has 1 saturated heterocycles. The second-order valence-corrected chi connectivity index (χ2v) is 6.81. The van der Waals surface area contributed by atoms with Crippen molar-refractivity contribution in [2.24, 2.45) is 0 Å². The van der Waals surface area contributed by atoms with Crippen LogP contribution in [-0.4, -0.2) is 20.8 Å². The normalized spacial score (nSPS) is 15.4. The zero-order chi connectivity index (χ0) is 18.8. The van der Waals surface area contributed by atoms with E-state index in [9.17, 15) is 4.79 Å². The van der Waals surface area contributed by atoms with Crippen LogP contribution < -0.4 is 10.2 Å². The maximum absolute atomic E-state index is 12.8. The van der Waals surface area contributed by atoms with Crippen LogP contribution in [0.15, 0.2) is 72.7 Å². The summed E-state index contributed by atoms with van der Waals surface area (Å²) in [7, 11) is 0. The van der Waals surface area contributed by atoms with E-state index in [2.05, 4.69) is 22.5 Å².